The van der Waals surface area contributed by atoms with Crippen molar-refractivity contribution in [2.45, 2.75) is 0 Å². The van der Waals surface area contributed by atoms with E-state index in [1.807, 2.05) is 12.1 Å². The summed E-state index contributed by atoms with van der Waals surface area (Å²) >= 11 is 11.6. The molecule has 0 N–H and O–H groups in total. The monoisotopic (exact) mass is 464 g/mol. The molecule has 32 heavy (non-hydrogen) atoms. The first kappa shape index (κ1) is 22.9. The first-order valence-electron chi connectivity index (χ1n) is 9.44. The van der Waals surface area contributed by atoms with E-state index in [1.54, 1.807) is 85.2 Å². The molecule has 6 nitrogen and oxygen atoms in total. The Bertz CT molecular complexity index is 1030. The molecule has 0 atom stereocenters. The molecule has 0 saturated heterocycles. The quantitative estimate of drug-likeness (QED) is 0.325. The summed E-state index contributed by atoms with van der Waals surface area (Å²) in [6.07, 6.45) is 4.74. The van der Waals surface area contributed by atoms with E-state index in [-0.39, 0.29) is 0 Å². The molecule has 0 unspecified atom stereocenters. The van der Waals surface area contributed by atoms with Gasteiger partial charge in [-0.15, -0.1) is 0 Å². The third kappa shape index (κ3) is 6.14. The number of hydrogen-bond acceptors (Lipinski definition) is 4. The minimum absolute atomic E-state index is 0.583. The van der Waals surface area contributed by atoms with Gasteiger partial charge in [0.05, 0.1) is 11.4 Å². The minimum Gasteiger partial charge on any atom is -0.278 e. The number of rotatable bonds is 6. The molecule has 4 aromatic rings. The first-order valence-corrected chi connectivity index (χ1v) is 10.2. The van der Waals surface area contributed by atoms with Gasteiger partial charge in [0, 0.05) is 22.4 Å². The van der Waals surface area contributed by atoms with E-state index in [0.29, 0.717) is 21.7 Å². The van der Waals surface area contributed by atoms with E-state index in [1.165, 1.54) is 9.80 Å². The Morgan fingerprint density at radius 3 is 1.22 bits per heavy atom. The number of aromatic nitrogens is 2. The molecule has 0 aliphatic heterocycles. The van der Waals surface area contributed by atoms with Crippen molar-refractivity contribution in [3.05, 3.63) is 107 Å². The average molecular weight is 465 g/mol. The molecule has 2 aromatic carbocycles. The standard InChI is InChI=1S/2C12H9ClN2O/c2*13-10-4-6-11(7-5-10)15(9-16)12-3-1-2-8-14-12/h2*1-9H. The van der Waals surface area contributed by atoms with Gasteiger partial charge < -0.3 is 0 Å². The normalized spacial score (nSPS) is 9.81. The van der Waals surface area contributed by atoms with E-state index in [4.69, 9.17) is 23.2 Å². The van der Waals surface area contributed by atoms with Gasteiger partial charge in [0.25, 0.3) is 0 Å². The molecule has 0 bridgehead atoms. The number of amides is 2. The Morgan fingerprint density at radius 2 is 0.938 bits per heavy atom. The van der Waals surface area contributed by atoms with E-state index in [0.717, 1.165) is 24.2 Å². The Hall–Kier alpha value is -3.74. The lowest BCUT2D eigenvalue weighted by atomic mass is 10.3. The predicted octanol–water partition coefficient (Wildman–Crippen LogP) is 6.06. The van der Waals surface area contributed by atoms with Gasteiger partial charge in [-0.25, -0.2) is 9.97 Å². The van der Waals surface area contributed by atoms with Crippen LogP contribution in [0, 0.1) is 0 Å². The van der Waals surface area contributed by atoms with Crippen LogP contribution in [0.25, 0.3) is 0 Å². The third-order valence-electron chi connectivity index (χ3n) is 4.21. The molecular formula is C24H18Cl2N4O2. The summed E-state index contributed by atoms with van der Waals surface area (Å²) in [6, 6.07) is 24.8. The maximum Gasteiger partial charge on any atom is 0.219 e. The van der Waals surface area contributed by atoms with Crippen LogP contribution in [0.5, 0.6) is 0 Å². The summed E-state index contributed by atoms with van der Waals surface area (Å²) in [4.78, 5) is 33.2. The average Bonchev–Trinajstić information content (AvgIpc) is 2.84. The van der Waals surface area contributed by atoms with Crippen molar-refractivity contribution in [3.8, 4) is 0 Å². The summed E-state index contributed by atoms with van der Waals surface area (Å²) in [6.45, 7) is 0. The maximum absolute atomic E-state index is 11.0. The van der Waals surface area contributed by atoms with Crippen molar-refractivity contribution in [3.63, 3.8) is 0 Å². The molecular weight excluding hydrogens is 447 g/mol. The zero-order valence-electron chi connectivity index (χ0n) is 16.8. The second kappa shape index (κ2) is 11.6. The molecule has 8 heteroatoms. The van der Waals surface area contributed by atoms with Gasteiger partial charge >= 0.3 is 0 Å². The van der Waals surface area contributed by atoms with Crippen LogP contribution in [0.4, 0.5) is 23.0 Å². The second-order valence-electron chi connectivity index (χ2n) is 6.28. The van der Waals surface area contributed by atoms with Crippen LogP contribution in [0.1, 0.15) is 0 Å². The highest BCUT2D eigenvalue weighted by atomic mass is 35.5. The molecule has 2 aromatic heterocycles. The van der Waals surface area contributed by atoms with Gasteiger partial charge in [-0.3, -0.25) is 19.4 Å². The van der Waals surface area contributed by atoms with Crippen LogP contribution in [-0.2, 0) is 9.59 Å². The van der Waals surface area contributed by atoms with Gasteiger partial charge in [0.15, 0.2) is 0 Å². The van der Waals surface area contributed by atoms with Crippen molar-refractivity contribution in [1.82, 2.24) is 9.97 Å². The van der Waals surface area contributed by atoms with Gasteiger partial charge in [-0.2, -0.15) is 0 Å². The zero-order valence-corrected chi connectivity index (χ0v) is 18.3. The van der Waals surface area contributed by atoms with Gasteiger partial charge in [-0.1, -0.05) is 35.3 Å². The number of benzene rings is 2. The minimum atomic E-state index is 0.583. The highest BCUT2D eigenvalue weighted by Crippen LogP contribution is 2.24. The Morgan fingerprint density at radius 1 is 0.562 bits per heavy atom. The highest BCUT2D eigenvalue weighted by Gasteiger charge is 2.09. The van der Waals surface area contributed by atoms with E-state index in [9.17, 15) is 9.59 Å². The summed E-state index contributed by atoms with van der Waals surface area (Å²) in [5, 5.41) is 1.27. The summed E-state index contributed by atoms with van der Waals surface area (Å²) in [5.41, 5.74) is 1.47. The molecule has 2 heterocycles. The van der Waals surface area contributed by atoms with Crippen LogP contribution in [0.15, 0.2) is 97.3 Å². The fourth-order valence-corrected chi connectivity index (χ4v) is 2.94. The summed E-state index contributed by atoms with van der Waals surface area (Å²) in [7, 11) is 0. The highest BCUT2D eigenvalue weighted by molar-refractivity contribution is 6.31. The van der Waals surface area contributed by atoms with E-state index >= 15 is 0 Å². The molecule has 0 fully saturated rings. The Labute approximate surface area is 195 Å². The van der Waals surface area contributed by atoms with Gasteiger partial charge in [-0.05, 0) is 72.8 Å². The Kier molecular flexibility index (Phi) is 8.31. The Balaban J connectivity index is 0.000000181. The fraction of sp³-hybridized carbons (Fsp3) is 0. The van der Waals surface area contributed by atoms with Crippen molar-refractivity contribution in [2.24, 2.45) is 0 Å². The van der Waals surface area contributed by atoms with Crippen LogP contribution >= 0.6 is 23.2 Å². The molecule has 0 aliphatic carbocycles. The van der Waals surface area contributed by atoms with Crippen molar-refractivity contribution in [2.75, 3.05) is 9.80 Å². The third-order valence-corrected chi connectivity index (χ3v) is 4.72. The second-order valence-corrected chi connectivity index (χ2v) is 7.15. The zero-order chi connectivity index (χ0) is 22.8. The lowest BCUT2D eigenvalue weighted by Crippen LogP contribution is -2.14. The molecule has 0 radical (unpaired) electrons. The number of pyridine rings is 2. The lowest BCUT2D eigenvalue weighted by molar-refractivity contribution is -0.107. The SMILES string of the molecule is O=CN(c1ccc(Cl)cc1)c1ccccn1.O=CN(c1ccc(Cl)cc1)c1ccccn1. The number of halogens is 2. The number of nitrogens with zero attached hydrogens (tertiary/aromatic N) is 4. The molecule has 160 valence electrons. The van der Waals surface area contributed by atoms with E-state index in [2.05, 4.69) is 9.97 Å². The van der Waals surface area contributed by atoms with Gasteiger partial charge in [0.2, 0.25) is 12.8 Å². The van der Waals surface area contributed by atoms with Crippen LogP contribution in [0.2, 0.25) is 10.0 Å². The molecule has 2 amide bonds. The largest absolute Gasteiger partial charge is 0.278 e. The number of carbonyl (C=O) groups is 2. The molecule has 0 aliphatic rings. The summed E-state index contributed by atoms with van der Waals surface area (Å²) in [5.74, 6) is 1.17. The summed E-state index contributed by atoms with van der Waals surface area (Å²) < 4.78 is 0. The van der Waals surface area contributed by atoms with Gasteiger partial charge in [0.1, 0.15) is 11.6 Å². The molecule has 4 rings (SSSR count). The first-order chi connectivity index (χ1) is 15.6. The molecule has 0 saturated carbocycles. The number of anilines is 4. The van der Waals surface area contributed by atoms with Crippen molar-refractivity contribution < 1.29 is 9.59 Å². The fourth-order valence-electron chi connectivity index (χ4n) is 2.69. The van der Waals surface area contributed by atoms with Crippen LogP contribution < -0.4 is 9.80 Å². The van der Waals surface area contributed by atoms with E-state index < -0.39 is 0 Å². The topological polar surface area (TPSA) is 66.4 Å². The van der Waals surface area contributed by atoms with Crippen molar-refractivity contribution in [1.29, 1.82) is 0 Å². The maximum atomic E-state index is 11.0. The van der Waals surface area contributed by atoms with Crippen LogP contribution in [-0.4, -0.2) is 22.8 Å². The predicted molar refractivity (Wildman–Crippen MR) is 128 cm³/mol. The molecule has 0 spiro atoms. The number of carbonyl (C=O) groups excluding carboxylic acids is 2. The van der Waals surface area contributed by atoms with Crippen LogP contribution in [0.3, 0.4) is 0 Å². The van der Waals surface area contributed by atoms with Crippen molar-refractivity contribution >= 4 is 59.0 Å². The number of hydrogen-bond donors (Lipinski definition) is 0. The smallest absolute Gasteiger partial charge is 0.219 e. The lowest BCUT2D eigenvalue weighted by Gasteiger charge is -2.15.